The molecular formula is C16H19N3O. The van der Waals surface area contributed by atoms with E-state index in [0.29, 0.717) is 19.6 Å². The van der Waals surface area contributed by atoms with Crippen LogP contribution in [-0.2, 0) is 17.9 Å². The summed E-state index contributed by atoms with van der Waals surface area (Å²) in [6.45, 7) is 1.65. The van der Waals surface area contributed by atoms with Crippen LogP contribution in [0.3, 0.4) is 0 Å². The third-order valence-electron chi connectivity index (χ3n) is 3.04. The Hall–Kier alpha value is -2.20. The third-order valence-corrected chi connectivity index (χ3v) is 3.04. The first-order valence-electron chi connectivity index (χ1n) is 6.63. The Labute approximate surface area is 119 Å². The van der Waals surface area contributed by atoms with Gasteiger partial charge in [0.05, 0.1) is 6.54 Å². The molecule has 1 aromatic heterocycles. The minimum Gasteiger partial charge on any atom is -0.340 e. The van der Waals surface area contributed by atoms with Crippen molar-refractivity contribution >= 4 is 5.91 Å². The molecule has 4 heteroatoms. The van der Waals surface area contributed by atoms with Crippen LogP contribution in [0.5, 0.6) is 0 Å². The minimum atomic E-state index is 0.0860. The number of hydrogen-bond donors (Lipinski definition) is 1. The van der Waals surface area contributed by atoms with Gasteiger partial charge in [-0.3, -0.25) is 9.78 Å². The fourth-order valence-electron chi connectivity index (χ4n) is 1.89. The average molecular weight is 269 g/mol. The molecule has 2 rings (SSSR count). The number of aromatic nitrogens is 1. The number of carbonyl (C=O) groups is 1. The highest BCUT2D eigenvalue weighted by Gasteiger charge is 2.08. The van der Waals surface area contributed by atoms with E-state index >= 15 is 0 Å². The number of likely N-dealkylation sites (N-methyl/N-ethyl adjacent to an activating group) is 1. The standard InChI is InChI=1S/C16H19N3O/c1-19(13-15-5-3-2-4-6-15)16(20)12-18-11-14-7-9-17-10-8-14/h2-10,18H,11-13H2,1H3. The van der Waals surface area contributed by atoms with Crippen LogP contribution in [0.4, 0.5) is 0 Å². The summed E-state index contributed by atoms with van der Waals surface area (Å²) in [5.41, 5.74) is 2.26. The number of carbonyl (C=O) groups excluding carboxylic acids is 1. The van der Waals surface area contributed by atoms with Gasteiger partial charge in [0.25, 0.3) is 0 Å². The Bertz CT molecular complexity index is 528. The molecule has 0 atom stereocenters. The molecule has 20 heavy (non-hydrogen) atoms. The summed E-state index contributed by atoms with van der Waals surface area (Å²) >= 11 is 0. The fourth-order valence-corrected chi connectivity index (χ4v) is 1.89. The van der Waals surface area contributed by atoms with Gasteiger partial charge in [0.2, 0.25) is 5.91 Å². The maximum Gasteiger partial charge on any atom is 0.236 e. The molecule has 0 saturated heterocycles. The molecule has 1 heterocycles. The normalized spacial score (nSPS) is 10.2. The van der Waals surface area contributed by atoms with E-state index in [4.69, 9.17) is 0 Å². The first-order valence-corrected chi connectivity index (χ1v) is 6.63. The van der Waals surface area contributed by atoms with Gasteiger partial charge in [0, 0.05) is 32.5 Å². The van der Waals surface area contributed by atoms with Crippen molar-refractivity contribution in [3.63, 3.8) is 0 Å². The van der Waals surface area contributed by atoms with Gasteiger partial charge < -0.3 is 10.2 Å². The summed E-state index contributed by atoms with van der Waals surface area (Å²) in [5.74, 6) is 0.0860. The average Bonchev–Trinajstić information content (AvgIpc) is 2.49. The number of pyridine rings is 1. The van der Waals surface area contributed by atoms with Crippen molar-refractivity contribution in [2.24, 2.45) is 0 Å². The molecule has 1 aromatic carbocycles. The minimum absolute atomic E-state index is 0.0860. The van der Waals surface area contributed by atoms with Crippen LogP contribution in [0.2, 0.25) is 0 Å². The molecule has 0 aliphatic carbocycles. The van der Waals surface area contributed by atoms with E-state index in [2.05, 4.69) is 10.3 Å². The molecule has 2 aromatic rings. The van der Waals surface area contributed by atoms with Crippen molar-refractivity contribution in [3.05, 3.63) is 66.0 Å². The SMILES string of the molecule is CN(Cc1ccccc1)C(=O)CNCc1ccncc1. The van der Waals surface area contributed by atoms with Gasteiger partial charge >= 0.3 is 0 Å². The number of hydrogen-bond acceptors (Lipinski definition) is 3. The van der Waals surface area contributed by atoms with Crippen molar-refractivity contribution in [2.75, 3.05) is 13.6 Å². The van der Waals surface area contributed by atoms with Crippen LogP contribution in [0, 0.1) is 0 Å². The maximum atomic E-state index is 12.0. The summed E-state index contributed by atoms with van der Waals surface area (Å²) in [6, 6.07) is 13.9. The van der Waals surface area contributed by atoms with Gasteiger partial charge in [-0.1, -0.05) is 30.3 Å². The lowest BCUT2D eigenvalue weighted by Crippen LogP contribution is -2.34. The fraction of sp³-hybridized carbons (Fsp3) is 0.250. The lowest BCUT2D eigenvalue weighted by Gasteiger charge is -2.17. The zero-order valence-corrected chi connectivity index (χ0v) is 11.6. The molecule has 1 amide bonds. The van der Waals surface area contributed by atoms with Crippen LogP contribution in [-0.4, -0.2) is 29.4 Å². The van der Waals surface area contributed by atoms with Crippen molar-refractivity contribution in [2.45, 2.75) is 13.1 Å². The molecule has 4 nitrogen and oxygen atoms in total. The molecule has 1 N–H and O–H groups in total. The molecule has 0 saturated carbocycles. The third kappa shape index (κ3) is 4.48. The summed E-state index contributed by atoms with van der Waals surface area (Å²) in [7, 11) is 1.82. The highest BCUT2D eigenvalue weighted by molar-refractivity contribution is 5.77. The topological polar surface area (TPSA) is 45.2 Å². The summed E-state index contributed by atoms with van der Waals surface area (Å²) in [6.07, 6.45) is 3.50. The van der Waals surface area contributed by atoms with Crippen molar-refractivity contribution in [3.8, 4) is 0 Å². The first kappa shape index (κ1) is 14.2. The zero-order valence-electron chi connectivity index (χ0n) is 11.6. The van der Waals surface area contributed by atoms with Gasteiger partial charge in [0.15, 0.2) is 0 Å². The van der Waals surface area contributed by atoms with E-state index in [1.807, 2.05) is 49.5 Å². The monoisotopic (exact) mass is 269 g/mol. The van der Waals surface area contributed by atoms with Crippen LogP contribution < -0.4 is 5.32 Å². The Morgan fingerprint density at radius 1 is 1.10 bits per heavy atom. The summed E-state index contributed by atoms with van der Waals surface area (Å²) < 4.78 is 0. The second kappa shape index (κ2) is 7.40. The molecule has 0 fully saturated rings. The molecule has 104 valence electrons. The van der Waals surface area contributed by atoms with Crippen molar-refractivity contribution in [1.82, 2.24) is 15.2 Å². The van der Waals surface area contributed by atoms with Gasteiger partial charge in [-0.25, -0.2) is 0 Å². The Morgan fingerprint density at radius 2 is 1.80 bits per heavy atom. The number of nitrogens with zero attached hydrogens (tertiary/aromatic N) is 2. The van der Waals surface area contributed by atoms with Crippen LogP contribution >= 0.6 is 0 Å². The van der Waals surface area contributed by atoms with E-state index in [0.717, 1.165) is 11.1 Å². The maximum absolute atomic E-state index is 12.0. The quantitative estimate of drug-likeness (QED) is 0.870. The highest BCUT2D eigenvalue weighted by Crippen LogP contribution is 2.02. The number of benzene rings is 1. The zero-order chi connectivity index (χ0) is 14.2. The number of nitrogens with one attached hydrogen (secondary N) is 1. The lowest BCUT2D eigenvalue weighted by atomic mass is 10.2. The van der Waals surface area contributed by atoms with Crippen LogP contribution in [0.25, 0.3) is 0 Å². The number of amides is 1. The molecular weight excluding hydrogens is 250 g/mol. The van der Waals surface area contributed by atoms with E-state index in [9.17, 15) is 4.79 Å². The first-order chi connectivity index (χ1) is 9.75. The molecule has 0 unspecified atom stereocenters. The predicted octanol–water partition coefficient (Wildman–Crippen LogP) is 1.83. The second-order valence-electron chi connectivity index (χ2n) is 4.69. The van der Waals surface area contributed by atoms with E-state index < -0.39 is 0 Å². The van der Waals surface area contributed by atoms with E-state index in [1.54, 1.807) is 17.3 Å². The second-order valence-corrected chi connectivity index (χ2v) is 4.69. The molecule has 0 spiro atoms. The van der Waals surface area contributed by atoms with Crippen LogP contribution in [0.1, 0.15) is 11.1 Å². The van der Waals surface area contributed by atoms with Gasteiger partial charge in [-0.2, -0.15) is 0 Å². The van der Waals surface area contributed by atoms with Gasteiger partial charge in [-0.05, 0) is 23.3 Å². The Kier molecular flexibility index (Phi) is 5.26. The van der Waals surface area contributed by atoms with Crippen molar-refractivity contribution < 1.29 is 4.79 Å². The highest BCUT2D eigenvalue weighted by atomic mass is 16.2. The molecule has 0 radical (unpaired) electrons. The van der Waals surface area contributed by atoms with E-state index in [1.165, 1.54) is 0 Å². The van der Waals surface area contributed by atoms with E-state index in [-0.39, 0.29) is 5.91 Å². The summed E-state index contributed by atoms with van der Waals surface area (Å²) in [4.78, 5) is 17.7. The molecule has 0 aliphatic rings. The Balaban J connectivity index is 1.74. The van der Waals surface area contributed by atoms with Crippen LogP contribution in [0.15, 0.2) is 54.9 Å². The number of rotatable bonds is 6. The lowest BCUT2D eigenvalue weighted by molar-refractivity contribution is -0.129. The van der Waals surface area contributed by atoms with Crippen molar-refractivity contribution in [1.29, 1.82) is 0 Å². The molecule has 0 aliphatic heterocycles. The largest absolute Gasteiger partial charge is 0.340 e. The smallest absolute Gasteiger partial charge is 0.236 e. The Morgan fingerprint density at radius 3 is 2.50 bits per heavy atom. The van der Waals surface area contributed by atoms with Gasteiger partial charge in [0.1, 0.15) is 0 Å². The van der Waals surface area contributed by atoms with Gasteiger partial charge in [-0.15, -0.1) is 0 Å². The molecule has 0 bridgehead atoms. The summed E-state index contributed by atoms with van der Waals surface area (Å²) in [5, 5.41) is 3.15. The predicted molar refractivity (Wildman–Crippen MR) is 78.9 cm³/mol.